The summed E-state index contributed by atoms with van der Waals surface area (Å²) in [6.45, 7) is 10.4. The van der Waals surface area contributed by atoms with Gasteiger partial charge in [0.25, 0.3) is 0 Å². The van der Waals surface area contributed by atoms with E-state index in [-0.39, 0.29) is 24.4 Å². The van der Waals surface area contributed by atoms with Gasteiger partial charge >= 0.3 is 6.92 Å². The van der Waals surface area contributed by atoms with Crippen LogP contribution in [0.25, 0.3) is 0 Å². The zero-order valence-electron chi connectivity index (χ0n) is 14.5. The van der Waals surface area contributed by atoms with Crippen molar-refractivity contribution in [3.05, 3.63) is 17.3 Å². The van der Waals surface area contributed by atoms with E-state index in [0.29, 0.717) is 5.82 Å². The Kier molecular flexibility index (Phi) is 4.43. The van der Waals surface area contributed by atoms with Crippen LogP contribution < -0.4 is 11.2 Å². The molecule has 1 aliphatic heterocycles. The van der Waals surface area contributed by atoms with Crippen molar-refractivity contribution >= 4 is 35.3 Å². The first-order valence-corrected chi connectivity index (χ1v) is 8.32. The molecule has 0 aromatic carbocycles. The quantitative estimate of drug-likeness (QED) is 0.680. The van der Waals surface area contributed by atoms with E-state index in [0.717, 1.165) is 23.0 Å². The number of nitrogens with two attached hydrogens (primary N) is 1. The van der Waals surface area contributed by atoms with E-state index in [2.05, 4.69) is 41.9 Å². The Morgan fingerprint density at radius 1 is 1.50 bits per heavy atom. The monoisotopic (exact) mass is 322 g/mol. The van der Waals surface area contributed by atoms with E-state index in [1.54, 1.807) is 7.85 Å². The highest BCUT2D eigenvalue weighted by atomic mass is 31.0. The molecule has 0 amide bonds. The third-order valence-electron chi connectivity index (χ3n) is 5.02. The molecule has 3 nitrogen and oxygen atoms in total. The molecule has 120 valence electrons. The van der Waals surface area contributed by atoms with E-state index >= 15 is 0 Å². The SMILES string of the molecule is BC(F)(P)Cc1c(B2CC(C)(C)C(C)(C)O2)cc(N)nc1C. The third-order valence-corrected chi connectivity index (χ3v) is 5.22. The van der Waals surface area contributed by atoms with Crippen LogP contribution >= 0.6 is 9.24 Å². The van der Waals surface area contributed by atoms with Gasteiger partial charge in [-0.3, -0.25) is 0 Å². The van der Waals surface area contributed by atoms with Crippen molar-refractivity contribution in [1.29, 1.82) is 0 Å². The normalized spacial score (nSPS) is 22.6. The molecule has 0 radical (unpaired) electrons. The van der Waals surface area contributed by atoms with Crippen LogP contribution in [0.15, 0.2) is 6.07 Å². The highest BCUT2D eigenvalue weighted by Crippen LogP contribution is 2.45. The fraction of sp³-hybridized carbons (Fsp3) is 0.667. The van der Waals surface area contributed by atoms with Crippen LogP contribution in [0.1, 0.15) is 39.0 Å². The number of hydrogen-bond acceptors (Lipinski definition) is 3. The van der Waals surface area contributed by atoms with Crippen LogP contribution in [0, 0.1) is 12.3 Å². The topological polar surface area (TPSA) is 48.1 Å². The standard InChI is InChI=1S/C15H26B2FN2OP/c1-9-10(7-15(16,18)22)11(6-12(19)20-9)17-8-13(2,3)14(4,5)21-17/h6H,7-8,16,22H2,1-5H3,(H2,19,20). The van der Waals surface area contributed by atoms with Crippen molar-refractivity contribution in [2.75, 3.05) is 5.73 Å². The summed E-state index contributed by atoms with van der Waals surface area (Å²) in [7, 11) is 3.81. The minimum atomic E-state index is -1.37. The van der Waals surface area contributed by atoms with Crippen molar-refractivity contribution in [3.63, 3.8) is 0 Å². The molecule has 1 aliphatic rings. The number of aromatic nitrogens is 1. The number of rotatable bonds is 3. The fourth-order valence-electron chi connectivity index (χ4n) is 3.05. The molecule has 2 rings (SSSR count). The van der Waals surface area contributed by atoms with Gasteiger partial charge in [0.05, 0.1) is 10.9 Å². The number of nitrogens with zero attached hydrogens (tertiary/aromatic N) is 1. The molecule has 1 saturated heterocycles. The average Bonchev–Trinajstić information content (AvgIpc) is 2.50. The Labute approximate surface area is 136 Å². The van der Waals surface area contributed by atoms with Gasteiger partial charge in [-0.15, -0.1) is 9.24 Å². The Balaban J connectivity index is 2.47. The molecule has 0 aliphatic carbocycles. The lowest BCUT2D eigenvalue weighted by Crippen LogP contribution is -2.39. The summed E-state index contributed by atoms with van der Waals surface area (Å²) in [4.78, 5) is 4.31. The second-order valence-corrected chi connectivity index (χ2v) is 9.06. The molecule has 2 heterocycles. The van der Waals surface area contributed by atoms with Gasteiger partial charge in [0, 0.05) is 12.1 Å². The molecular formula is C15H26B2FN2OP. The highest BCUT2D eigenvalue weighted by Gasteiger charge is 2.50. The number of aryl methyl sites for hydroxylation is 1. The van der Waals surface area contributed by atoms with Crippen molar-refractivity contribution in [1.82, 2.24) is 4.98 Å². The fourth-order valence-corrected chi connectivity index (χ4v) is 3.26. The molecule has 0 saturated carbocycles. The van der Waals surface area contributed by atoms with Crippen molar-refractivity contribution < 1.29 is 9.04 Å². The Bertz CT molecular complexity index is 572. The summed E-state index contributed by atoms with van der Waals surface area (Å²) in [5.74, 6) is 0.465. The van der Waals surface area contributed by atoms with Crippen molar-refractivity contribution in [2.45, 2.75) is 58.3 Å². The van der Waals surface area contributed by atoms with Gasteiger partial charge in [0.15, 0.2) is 7.85 Å². The number of anilines is 1. The average molecular weight is 322 g/mol. The van der Waals surface area contributed by atoms with Gasteiger partial charge in [-0.2, -0.15) is 0 Å². The molecule has 1 fully saturated rings. The van der Waals surface area contributed by atoms with E-state index in [9.17, 15) is 4.39 Å². The lowest BCUT2D eigenvalue weighted by Gasteiger charge is -2.34. The highest BCUT2D eigenvalue weighted by molar-refractivity contribution is 7.21. The number of alkyl halides is 1. The number of hydrogen-bond donors (Lipinski definition) is 1. The largest absolute Gasteiger partial charge is 0.426 e. The lowest BCUT2D eigenvalue weighted by atomic mass is 9.53. The summed E-state index contributed by atoms with van der Waals surface area (Å²) < 4.78 is 20.5. The number of halogens is 1. The molecule has 2 atom stereocenters. The minimum absolute atomic E-state index is 0.0425. The molecule has 2 unspecified atom stereocenters. The van der Waals surface area contributed by atoms with Crippen LogP contribution in [-0.2, 0) is 11.1 Å². The summed E-state index contributed by atoms with van der Waals surface area (Å²) in [5.41, 5.74) is 8.41. The second kappa shape index (κ2) is 5.49. The third kappa shape index (κ3) is 3.49. The molecule has 0 bridgehead atoms. The molecule has 2 N–H and O–H groups in total. The molecule has 22 heavy (non-hydrogen) atoms. The van der Waals surface area contributed by atoms with Crippen LogP contribution in [0.3, 0.4) is 0 Å². The van der Waals surface area contributed by atoms with Gasteiger partial charge in [-0.1, -0.05) is 13.8 Å². The Hall–Kier alpha value is -0.600. The molecule has 1 aromatic rings. The zero-order valence-corrected chi connectivity index (χ0v) is 15.6. The van der Waals surface area contributed by atoms with E-state index in [1.807, 2.05) is 13.0 Å². The summed E-state index contributed by atoms with van der Waals surface area (Å²) in [6, 6.07) is 1.85. The van der Waals surface area contributed by atoms with Gasteiger partial charge in [0.2, 0.25) is 0 Å². The van der Waals surface area contributed by atoms with Gasteiger partial charge in [-0.05, 0) is 49.6 Å². The number of pyridine rings is 1. The molecule has 1 aromatic heterocycles. The van der Waals surface area contributed by atoms with Crippen molar-refractivity contribution in [3.8, 4) is 0 Å². The summed E-state index contributed by atoms with van der Waals surface area (Å²) in [5, 5.41) is -1.37. The first-order chi connectivity index (χ1) is 9.82. The van der Waals surface area contributed by atoms with Gasteiger partial charge in [0.1, 0.15) is 5.82 Å². The first kappa shape index (κ1) is 17.7. The maximum absolute atomic E-state index is 14.2. The van der Waals surface area contributed by atoms with E-state index < -0.39 is 5.31 Å². The maximum Gasteiger partial charge on any atom is 0.328 e. The minimum Gasteiger partial charge on any atom is -0.426 e. The smallest absolute Gasteiger partial charge is 0.328 e. The van der Waals surface area contributed by atoms with Crippen LogP contribution in [0.5, 0.6) is 0 Å². The maximum atomic E-state index is 14.2. The first-order valence-electron chi connectivity index (χ1n) is 7.74. The van der Waals surface area contributed by atoms with Crippen LogP contribution in [0.4, 0.5) is 10.2 Å². The summed E-state index contributed by atoms with van der Waals surface area (Å²) in [6.07, 6.45) is 1.17. The number of nitrogen functional groups attached to an aromatic ring is 1. The summed E-state index contributed by atoms with van der Waals surface area (Å²) >= 11 is 0. The van der Waals surface area contributed by atoms with Crippen LogP contribution in [0.2, 0.25) is 6.32 Å². The lowest BCUT2D eigenvalue weighted by molar-refractivity contribution is 0.0375. The van der Waals surface area contributed by atoms with Crippen molar-refractivity contribution in [2.24, 2.45) is 5.41 Å². The van der Waals surface area contributed by atoms with Gasteiger partial charge in [-0.25, -0.2) is 9.37 Å². The van der Waals surface area contributed by atoms with E-state index in [1.165, 1.54) is 0 Å². The molecule has 0 spiro atoms. The Morgan fingerprint density at radius 2 is 2.09 bits per heavy atom. The molecular weight excluding hydrogens is 296 g/mol. The molecule has 7 heteroatoms. The van der Waals surface area contributed by atoms with Gasteiger partial charge < -0.3 is 10.4 Å². The zero-order chi connectivity index (χ0) is 16.9. The predicted octanol–water partition coefficient (Wildman–Crippen LogP) is 1.68. The predicted molar refractivity (Wildman–Crippen MR) is 98.3 cm³/mol. The second-order valence-electron chi connectivity index (χ2n) is 7.86. The van der Waals surface area contributed by atoms with Crippen LogP contribution in [-0.4, -0.2) is 30.7 Å². The Morgan fingerprint density at radius 3 is 2.55 bits per heavy atom. The van der Waals surface area contributed by atoms with E-state index in [4.69, 9.17) is 10.4 Å².